The average molecular weight is 304 g/mol. The molecule has 116 valence electrons. The number of benzene rings is 2. The van der Waals surface area contributed by atoms with Crippen LogP contribution < -0.4 is 18.9 Å². The maximum absolute atomic E-state index is 12.3. The molecular formula is C16H16O6. The molecule has 0 heterocycles. The van der Waals surface area contributed by atoms with Gasteiger partial charge in [0.05, 0.1) is 21.3 Å². The number of carbonyl (C=O) groups is 1. The number of aromatic hydroxyl groups is 1. The molecule has 0 amide bonds. The van der Waals surface area contributed by atoms with Gasteiger partial charge in [-0.25, -0.2) is 4.79 Å². The second kappa shape index (κ2) is 6.71. The Morgan fingerprint density at radius 2 is 1.50 bits per heavy atom. The van der Waals surface area contributed by atoms with E-state index in [1.165, 1.54) is 39.5 Å². The van der Waals surface area contributed by atoms with Crippen LogP contribution in [-0.4, -0.2) is 32.4 Å². The minimum atomic E-state index is -0.654. The van der Waals surface area contributed by atoms with Gasteiger partial charge in [-0.15, -0.1) is 0 Å². The van der Waals surface area contributed by atoms with Crippen molar-refractivity contribution in [2.24, 2.45) is 0 Å². The van der Waals surface area contributed by atoms with Crippen LogP contribution in [0.5, 0.6) is 28.7 Å². The molecule has 0 bridgehead atoms. The molecule has 2 aromatic carbocycles. The molecule has 0 aromatic heterocycles. The molecule has 0 atom stereocenters. The van der Waals surface area contributed by atoms with E-state index in [-0.39, 0.29) is 22.8 Å². The Morgan fingerprint density at radius 1 is 0.909 bits per heavy atom. The van der Waals surface area contributed by atoms with E-state index in [4.69, 9.17) is 18.9 Å². The standard InChI is InChI=1S/C16H16O6/c1-19-12-8-7-10(9-11(12)17)22-16(18)15-13(20-2)5-4-6-14(15)21-3/h4-9,17H,1-3H3. The number of phenols is 1. The molecule has 0 aliphatic heterocycles. The number of methoxy groups -OCH3 is 3. The third-order valence-corrected chi connectivity index (χ3v) is 2.99. The Balaban J connectivity index is 2.31. The summed E-state index contributed by atoms with van der Waals surface area (Å²) in [5.41, 5.74) is 0.169. The van der Waals surface area contributed by atoms with Crippen LogP contribution in [0.15, 0.2) is 36.4 Å². The Bertz CT molecular complexity index is 658. The summed E-state index contributed by atoms with van der Waals surface area (Å²) in [6, 6.07) is 9.26. The van der Waals surface area contributed by atoms with E-state index in [0.29, 0.717) is 11.5 Å². The first-order valence-electron chi connectivity index (χ1n) is 6.41. The third kappa shape index (κ3) is 3.06. The highest BCUT2D eigenvalue weighted by atomic mass is 16.5. The van der Waals surface area contributed by atoms with Crippen LogP contribution in [0.25, 0.3) is 0 Å². The Kier molecular flexibility index (Phi) is 4.73. The van der Waals surface area contributed by atoms with Crippen molar-refractivity contribution in [2.45, 2.75) is 0 Å². The van der Waals surface area contributed by atoms with Gasteiger partial charge in [-0.2, -0.15) is 0 Å². The van der Waals surface area contributed by atoms with Crippen LogP contribution in [0, 0.1) is 0 Å². The van der Waals surface area contributed by atoms with Crippen LogP contribution in [-0.2, 0) is 0 Å². The quantitative estimate of drug-likeness (QED) is 0.676. The summed E-state index contributed by atoms with van der Waals surface area (Å²) in [5, 5.41) is 9.71. The van der Waals surface area contributed by atoms with Gasteiger partial charge in [0.2, 0.25) is 0 Å². The number of rotatable bonds is 5. The monoisotopic (exact) mass is 304 g/mol. The summed E-state index contributed by atoms with van der Waals surface area (Å²) in [4.78, 5) is 12.3. The van der Waals surface area contributed by atoms with E-state index in [1.54, 1.807) is 18.2 Å². The zero-order chi connectivity index (χ0) is 16.1. The molecular weight excluding hydrogens is 288 g/mol. The molecule has 0 saturated carbocycles. The molecule has 6 heteroatoms. The summed E-state index contributed by atoms with van der Waals surface area (Å²) in [6.45, 7) is 0. The Labute approximate surface area is 127 Å². The second-order valence-electron chi connectivity index (χ2n) is 4.26. The van der Waals surface area contributed by atoms with Crippen LogP contribution in [0.4, 0.5) is 0 Å². The summed E-state index contributed by atoms with van der Waals surface area (Å²) < 4.78 is 20.5. The zero-order valence-electron chi connectivity index (χ0n) is 12.5. The minimum absolute atomic E-state index is 0.125. The minimum Gasteiger partial charge on any atom is -0.504 e. The van der Waals surface area contributed by atoms with Crippen molar-refractivity contribution in [3.8, 4) is 28.7 Å². The van der Waals surface area contributed by atoms with E-state index in [1.807, 2.05) is 0 Å². The molecule has 2 rings (SSSR count). The topological polar surface area (TPSA) is 74.2 Å². The van der Waals surface area contributed by atoms with Crippen LogP contribution in [0.3, 0.4) is 0 Å². The van der Waals surface area contributed by atoms with Crippen molar-refractivity contribution in [3.63, 3.8) is 0 Å². The predicted molar refractivity (Wildman–Crippen MR) is 79.2 cm³/mol. The molecule has 0 unspecified atom stereocenters. The lowest BCUT2D eigenvalue weighted by atomic mass is 10.1. The first kappa shape index (κ1) is 15.5. The third-order valence-electron chi connectivity index (χ3n) is 2.99. The largest absolute Gasteiger partial charge is 0.504 e. The normalized spacial score (nSPS) is 9.95. The van der Waals surface area contributed by atoms with Crippen LogP contribution >= 0.6 is 0 Å². The van der Waals surface area contributed by atoms with Crippen LogP contribution in [0.1, 0.15) is 10.4 Å². The molecule has 2 aromatic rings. The lowest BCUT2D eigenvalue weighted by Gasteiger charge is -2.12. The van der Waals surface area contributed by atoms with Crippen molar-refractivity contribution < 1.29 is 28.8 Å². The number of hydrogen-bond acceptors (Lipinski definition) is 6. The Hall–Kier alpha value is -2.89. The van der Waals surface area contributed by atoms with Crippen molar-refractivity contribution in [1.29, 1.82) is 0 Å². The predicted octanol–water partition coefficient (Wildman–Crippen LogP) is 2.64. The molecule has 1 N–H and O–H groups in total. The summed E-state index contributed by atoms with van der Waals surface area (Å²) in [5.74, 6) is 0.355. The van der Waals surface area contributed by atoms with E-state index >= 15 is 0 Å². The number of esters is 1. The van der Waals surface area contributed by atoms with Crippen LogP contribution in [0.2, 0.25) is 0 Å². The van der Waals surface area contributed by atoms with Gasteiger partial charge in [0.15, 0.2) is 11.5 Å². The molecule has 0 spiro atoms. The highest BCUT2D eigenvalue weighted by molar-refractivity contribution is 5.97. The molecule has 0 radical (unpaired) electrons. The highest BCUT2D eigenvalue weighted by Gasteiger charge is 2.20. The fourth-order valence-corrected chi connectivity index (χ4v) is 1.94. The lowest BCUT2D eigenvalue weighted by molar-refractivity contribution is 0.0727. The van der Waals surface area contributed by atoms with E-state index in [2.05, 4.69) is 0 Å². The van der Waals surface area contributed by atoms with Gasteiger partial charge in [0.1, 0.15) is 22.8 Å². The zero-order valence-corrected chi connectivity index (χ0v) is 12.5. The van der Waals surface area contributed by atoms with Crippen molar-refractivity contribution >= 4 is 5.97 Å². The maximum Gasteiger partial charge on any atom is 0.351 e. The van der Waals surface area contributed by atoms with Gasteiger partial charge >= 0.3 is 5.97 Å². The van der Waals surface area contributed by atoms with Crippen molar-refractivity contribution in [2.75, 3.05) is 21.3 Å². The summed E-state index contributed by atoms with van der Waals surface area (Å²) in [7, 11) is 4.33. The summed E-state index contributed by atoms with van der Waals surface area (Å²) >= 11 is 0. The van der Waals surface area contributed by atoms with Crippen molar-refractivity contribution in [1.82, 2.24) is 0 Å². The van der Waals surface area contributed by atoms with Gasteiger partial charge in [-0.3, -0.25) is 0 Å². The lowest BCUT2D eigenvalue weighted by Crippen LogP contribution is -2.11. The number of carbonyl (C=O) groups excluding carboxylic acids is 1. The molecule has 0 aliphatic rings. The molecule has 22 heavy (non-hydrogen) atoms. The smallest absolute Gasteiger partial charge is 0.351 e. The van der Waals surface area contributed by atoms with Gasteiger partial charge < -0.3 is 24.1 Å². The fraction of sp³-hybridized carbons (Fsp3) is 0.188. The maximum atomic E-state index is 12.3. The van der Waals surface area contributed by atoms with Gasteiger partial charge in [-0.1, -0.05) is 6.07 Å². The van der Waals surface area contributed by atoms with Gasteiger partial charge in [-0.05, 0) is 24.3 Å². The number of ether oxygens (including phenoxy) is 4. The molecule has 0 fully saturated rings. The average Bonchev–Trinajstić information content (AvgIpc) is 2.54. The first-order chi connectivity index (χ1) is 10.6. The first-order valence-corrected chi connectivity index (χ1v) is 6.41. The van der Waals surface area contributed by atoms with E-state index < -0.39 is 5.97 Å². The van der Waals surface area contributed by atoms with Crippen molar-refractivity contribution in [3.05, 3.63) is 42.0 Å². The Morgan fingerprint density at radius 3 is 2.00 bits per heavy atom. The fourth-order valence-electron chi connectivity index (χ4n) is 1.94. The van der Waals surface area contributed by atoms with E-state index in [9.17, 15) is 9.90 Å². The second-order valence-corrected chi connectivity index (χ2v) is 4.26. The SMILES string of the molecule is COc1ccc(OC(=O)c2c(OC)cccc2OC)cc1O. The molecule has 0 saturated heterocycles. The van der Waals surface area contributed by atoms with Gasteiger partial charge in [0.25, 0.3) is 0 Å². The molecule has 0 aliphatic carbocycles. The molecule has 6 nitrogen and oxygen atoms in total. The van der Waals surface area contributed by atoms with E-state index in [0.717, 1.165) is 0 Å². The summed E-state index contributed by atoms with van der Waals surface area (Å²) in [6.07, 6.45) is 0. The highest BCUT2D eigenvalue weighted by Crippen LogP contribution is 2.32. The number of hydrogen-bond donors (Lipinski definition) is 1. The number of phenolic OH excluding ortho intramolecular Hbond substituents is 1. The van der Waals surface area contributed by atoms with Gasteiger partial charge in [0, 0.05) is 6.07 Å².